The average molecular weight is 267 g/mol. The van der Waals surface area contributed by atoms with Crippen LogP contribution in [0.2, 0.25) is 0 Å². The molecule has 0 unspecified atom stereocenters. The summed E-state index contributed by atoms with van der Waals surface area (Å²) < 4.78 is 0. The second kappa shape index (κ2) is 5.36. The van der Waals surface area contributed by atoms with E-state index in [0.717, 1.165) is 29.2 Å². The summed E-state index contributed by atoms with van der Waals surface area (Å²) in [5.74, 6) is 0.919. The number of carbonyl (C=O) groups excluding carboxylic acids is 1. The van der Waals surface area contributed by atoms with Crippen molar-refractivity contribution in [3.8, 4) is 0 Å². The predicted octanol–water partition coefficient (Wildman–Crippen LogP) is 3.45. The van der Waals surface area contributed by atoms with Crippen molar-refractivity contribution in [1.82, 2.24) is 0 Å². The van der Waals surface area contributed by atoms with Gasteiger partial charge in [-0.25, -0.2) is 0 Å². The van der Waals surface area contributed by atoms with Crippen LogP contribution in [0.4, 0.5) is 5.69 Å². The van der Waals surface area contributed by atoms with Crippen LogP contribution in [0.1, 0.15) is 19.3 Å². The molecule has 1 aromatic rings. The topological polar surface area (TPSA) is 29.1 Å². The van der Waals surface area contributed by atoms with Gasteiger partial charge in [-0.1, -0.05) is 12.1 Å². The number of thiol groups is 1. The molecule has 1 amide bonds. The smallest absolute Gasteiger partial charge is 0.224 e. The molecular formula is C13H17NOS2. The van der Waals surface area contributed by atoms with Crippen molar-refractivity contribution in [2.45, 2.75) is 24.2 Å². The van der Waals surface area contributed by atoms with Gasteiger partial charge >= 0.3 is 0 Å². The molecule has 0 bridgehead atoms. The molecule has 2 nitrogen and oxygen atoms in total. The molecule has 0 radical (unpaired) electrons. The molecule has 2 rings (SSSR count). The minimum absolute atomic E-state index is 0.109. The Kier molecular flexibility index (Phi) is 4.05. The van der Waals surface area contributed by atoms with Crippen molar-refractivity contribution in [3.63, 3.8) is 0 Å². The highest BCUT2D eigenvalue weighted by molar-refractivity contribution is 7.98. The molecule has 0 aromatic heterocycles. The van der Waals surface area contributed by atoms with Crippen LogP contribution in [0.5, 0.6) is 0 Å². The average Bonchev–Trinajstić information content (AvgIpc) is 3.10. The highest BCUT2D eigenvalue weighted by Crippen LogP contribution is 2.49. The number of thioether (sulfide) groups is 1. The van der Waals surface area contributed by atoms with E-state index in [-0.39, 0.29) is 11.3 Å². The Labute approximate surface area is 112 Å². The molecule has 0 atom stereocenters. The third kappa shape index (κ3) is 3.19. The standard InChI is InChI=1S/C13H17NOS2/c1-17-11-5-3-2-4-10(11)14-12(15)8-13(9-16)6-7-13/h2-5,16H,6-9H2,1H3,(H,14,15). The van der Waals surface area contributed by atoms with Gasteiger partial charge in [0.25, 0.3) is 0 Å². The first-order valence-electron chi connectivity index (χ1n) is 5.73. The van der Waals surface area contributed by atoms with Gasteiger partial charge in [0.05, 0.1) is 5.69 Å². The lowest BCUT2D eigenvalue weighted by atomic mass is 10.1. The number of hydrogen-bond acceptors (Lipinski definition) is 3. The van der Waals surface area contributed by atoms with Crippen molar-refractivity contribution in [2.24, 2.45) is 5.41 Å². The number of carbonyl (C=O) groups is 1. The van der Waals surface area contributed by atoms with Crippen LogP contribution in [-0.2, 0) is 4.79 Å². The fourth-order valence-corrected chi connectivity index (χ4v) is 2.83. The van der Waals surface area contributed by atoms with Crippen LogP contribution in [0.15, 0.2) is 29.2 Å². The molecule has 1 N–H and O–H groups in total. The van der Waals surface area contributed by atoms with Crippen LogP contribution in [0, 0.1) is 5.41 Å². The summed E-state index contributed by atoms with van der Waals surface area (Å²) in [5, 5.41) is 3.00. The van der Waals surface area contributed by atoms with Crippen molar-refractivity contribution in [3.05, 3.63) is 24.3 Å². The maximum absolute atomic E-state index is 11.9. The van der Waals surface area contributed by atoms with Gasteiger partial charge in [0.2, 0.25) is 5.91 Å². The van der Waals surface area contributed by atoms with Crippen molar-refractivity contribution >= 4 is 36.0 Å². The summed E-state index contributed by atoms with van der Waals surface area (Å²) >= 11 is 5.97. The molecule has 1 saturated carbocycles. The Hall–Kier alpha value is -0.610. The van der Waals surface area contributed by atoms with Gasteiger partial charge in [-0.3, -0.25) is 4.79 Å². The van der Waals surface area contributed by atoms with E-state index in [1.165, 1.54) is 0 Å². The molecule has 92 valence electrons. The second-order valence-corrected chi connectivity index (χ2v) is 5.75. The number of benzene rings is 1. The van der Waals surface area contributed by atoms with Gasteiger partial charge in [0.1, 0.15) is 0 Å². The molecule has 1 aliphatic rings. The molecule has 4 heteroatoms. The van der Waals surface area contributed by atoms with Crippen LogP contribution >= 0.6 is 24.4 Å². The third-order valence-electron chi connectivity index (χ3n) is 3.21. The zero-order valence-electron chi connectivity index (χ0n) is 9.90. The van der Waals surface area contributed by atoms with Gasteiger partial charge in [0, 0.05) is 11.3 Å². The Morgan fingerprint density at radius 3 is 2.76 bits per heavy atom. The van der Waals surface area contributed by atoms with Gasteiger partial charge in [0.15, 0.2) is 0 Å². The van der Waals surface area contributed by atoms with E-state index in [1.54, 1.807) is 11.8 Å². The Balaban J connectivity index is 1.98. The lowest BCUT2D eigenvalue weighted by Gasteiger charge is -2.13. The molecular weight excluding hydrogens is 250 g/mol. The highest BCUT2D eigenvalue weighted by atomic mass is 32.2. The SMILES string of the molecule is CSc1ccccc1NC(=O)CC1(CS)CC1. The Morgan fingerprint density at radius 2 is 2.18 bits per heavy atom. The molecule has 0 heterocycles. The normalized spacial score (nSPS) is 16.6. The lowest BCUT2D eigenvalue weighted by Crippen LogP contribution is -2.18. The summed E-state index contributed by atoms with van der Waals surface area (Å²) in [4.78, 5) is 13.0. The van der Waals surface area contributed by atoms with Crippen molar-refractivity contribution in [2.75, 3.05) is 17.3 Å². The first kappa shape index (κ1) is 12.8. The third-order valence-corrected chi connectivity index (χ3v) is 4.68. The maximum atomic E-state index is 11.9. The summed E-state index contributed by atoms with van der Waals surface area (Å²) in [6.07, 6.45) is 4.88. The van der Waals surface area contributed by atoms with E-state index in [0.29, 0.717) is 6.42 Å². The van der Waals surface area contributed by atoms with Gasteiger partial charge in [-0.05, 0) is 42.4 Å². The van der Waals surface area contributed by atoms with Crippen LogP contribution in [-0.4, -0.2) is 17.9 Å². The van der Waals surface area contributed by atoms with E-state index in [1.807, 2.05) is 30.5 Å². The maximum Gasteiger partial charge on any atom is 0.224 e. The first-order chi connectivity index (χ1) is 8.19. The fraction of sp³-hybridized carbons (Fsp3) is 0.462. The second-order valence-electron chi connectivity index (χ2n) is 4.58. The van der Waals surface area contributed by atoms with Gasteiger partial charge in [-0.15, -0.1) is 11.8 Å². The van der Waals surface area contributed by atoms with Crippen molar-refractivity contribution < 1.29 is 4.79 Å². The van der Waals surface area contributed by atoms with E-state index < -0.39 is 0 Å². The number of anilines is 1. The molecule has 1 aromatic carbocycles. The summed E-state index contributed by atoms with van der Waals surface area (Å²) in [5.41, 5.74) is 1.10. The molecule has 17 heavy (non-hydrogen) atoms. The van der Waals surface area contributed by atoms with E-state index >= 15 is 0 Å². The minimum atomic E-state index is 0.109. The summed E-state index contributed by atoms with van der Waals surface area (Å²) in [6, 6.07) is 7.90. The molecule has 0 spiro atoms. The predicted molar refractivity (Wildman–Crippen MR) is 77.0 cm³/mol. The number of amides is 1. The van der Waals surface area contributed by atoms with Crippen LogP contribution in [0.3, 0.4) is 0 Å². The number of nitrogens with one attached hydrogen (secondary N) is 1. The lowest BCUT2D eigenvalue weighted by molar-refractivity contribution is -0.117. The number of para-hydroxylation sites is 1. The van der Waals surface area contributed by atoms with Crippen molar-refractivity contribution in [1.29, 1.82) is 0 Å². The fourth-order valence-electron chi connectivity index (χ4n) is 1.85. The minimum Gasteiger partial charge on any atom is -0.325 e. The largest absolute Gasteiger partial charge is 0.325 e. The molecule has 0 saturated heterocycles. The monoisotopic (exact) mass is 267 g/mol. The van der Waals surface area contributed by atoms with Crippen LogP contribution in [0.25, 0.3) is 0 Å². The number of rotatable bonds is 5. The highest BCUT2D eigenvalue weighted by Gasteiger charge is 2.42. The van der Waals surface area contributed by atoms with Gasteiger partial charge < -0.3 is 5.32 Å². The quantitative estimate of drug-likeness (QED) is 0.632. The Morgan fingerprint density at radius 1 is 1.47 bits per heavy atom. The molecule has 1 fully saturated rings. The van der Waals surface area contributed by atoms with E-state index in [9.17, 15) is 4.79 Å². The summed E-state index contributed by atoms with van der Waals surface area (Å²) in [7, 11) is 0. The summed E-state index contributed by atoms with van der Waals surface area (Å²) in [6.45, 7) is 0. The number of hydrogen-bond donors (Lipinski definition) is 2. The van der Waals surface area contributed by atoms with Crippen LogP contribution < -0.4 is 5.32 Å². The Bertz CT molecular complexity index is 416. The molecule has 0 aliphatic heterocycles. The zero-order valence-corrected chi connectivity index (χ0v) is 11.6. The van der Waals surface area contributed by atoms with Gasteiger partial charge in [-0.2, -0.15) is 12.6 Å². The molecule has 1 aliphatic carbocycles. The zero-order chi connectivity index (χ0) is 12.3. The first-order valence-corrected chi connectivity index (χ1v) is 7.59. The van der Waals surface area contributed by atoms with E-state index in [2.05, 4.69) is 17.9 Å². The van der Waals surface area contributed by atoms with E-state index in [4.69, 9.17) is 0 Å².